The number of amides is 1. The van der Waals surface area contributed by atoms with Crippen LogP contribution in [-0.2, 0) is 20.9 Å². The van der Waals surface area contributed by atoms with Crippen molar-refractivity contribution in [1.29, 1.82) is 0 Å². The molecular formula is C19H34N3O4PS2. The van der Waals surface area contributed by atoms with E-state index >= 15 is 0 Å². The molecule has 0 aliphatic rings. The zero-order chi connectivity index (χ0) is 22.2. The highest BCUT2D eigenvalue weighted by atomic mass is 32.5. The van der Waals surface area contributed by atoms with Crippen molar-refractivity contribution in [3.8, 4) is 5.75 Å². The number of nitrogens with zero attached hydrogens (tertiary/aromatic N) is 3. The van der Waals surface area contributed by atoms with Crippen molar-refractivity contribution in [2.45, 2.75) is 41.0 Å². The first-order valence-electron chi connectivity index (χ1n) is 9.68. The van der Waals surface area contributed by atoms with Crippen LogP contribution >= 0.6 is 18.8 Å². The molecule has 0 fully saturated rings. The first-order chi connectivity index (χ1) is 13.6. The lowest BCUT2D eigenvalue weighted by Crippen LogP contribution is -2.29. The van der Waals surface area contributed by atoms with Crippen molar-refractivity contribution >= 4 is 42.4 Å². The van der Waals surface area contributed by atoms with Gasteiger partial charge in [-0.05, 0) is 69.2 Å². The zero-order valence-electron chi connectivity index (χ0n) is 18.7. The van der Waals surface area contributed by atoms with Crippen molar-refractivity contribution in [1.82, 2.24) is 8.38 Å². The molecule has 0 spiro atoms. The summed E-state index contributed by atoms with van der Waals surface area (Å²) in [6.07, 6.45) is 0.362. The lowest BCUT2D eigenvalue weighted by molar-refractivity contribution is 0.186. The number of rotatable bonds is 11. The highest BCUT2D eigenvalue weighted by Gasteiger charge is 2.31. The molecule has 0 N–H and O–H groups in total. The van der Waals surface area contributed by atoms with E-state index in [4.69, 9.17) is 25.6 Å². The van der Waals surface area contributed by atoms with E-state index in [1.807, 2.05) is 64.9 Å². The smallest absolute Gasteiger partial charge is 0.410 e. The SMILES string of the molecule is CCCN(SN(C)C(=O)Oc1cc(C)c(N(C)C)c(C)c1)P(=S)(OCC)OCC. The van der Waals surface area contributed by atoms with Gasteiger partial charge >= 0.3 is 6.09 Å². The van der Waals surface area contributed by atoms with Gasteiger partial charge in [0.1, 0.15) is 5.75 Å². The van der Waals surface area contributed by atoms with Crippen LogP contribution in [0.25, 0.3) is 0 Å². The topological polar surface area (TPSA) is 54.5 Å². The van der Waals surface area contributed by atoms with Crippen LogP contribution in [0.4, 0.5) is 10.5 Å². The number of aryl methyl sites for hydroxylation is 2. The fraction of sp³-hybridized carbons (Fsp3) is 0.632. The van der Waals surface area contributed by atoms with Gasteiger partial charge in [0, 0.05) is 33.4 Å². The van der Waals surface area contributed by atoms with Crippen molar-refractivity contribution in [3.63, 3.8) is 0 Å². The van der Waals surface area contributed by atoms with Gasteiger partial charge in [-0.25, -0.2) is 9.10 Å². The van der Waals surface area contributed by atoms with Crippen LogP contribution in [0.2, 0.25) is 0 Å². The average molecular weight is 464 g/mol. The summed E-state index contributed by atoms with van der Waals surface area (Å²) in [5.41, 5.74) is 3.21. The standard InChI is InChI=1S/C19H34N3O4PS2/c1-9-12-22(27(28,24-10-2)25-11-3)29-21(8)19(23)26-17-13-15(4)18(20(6)7)16(5)14-17/h13-14H,9-12H2,1-8H3. The predicted molar refractivity (Wildman–Crippen MR) is 126 cm³/mol. The van der Waals surface area contributed by atoms with Gasteiger partial charge in [0.2, 0.25) is 0 Å². The normalized spacial score (nSPS) is 11.6. The fourth-order valence-electron chi connectivity index (χ4n) is 2.91. The molecule has 0 saturated carbocycles. The summed E-state index contributed by atoms with van der Waals surface area (Å²) < 4.78 is 20.4. The Morgan fingerprint density at radius 2 is 1.59 bits per heavy atom. The van der Waals surface area contributed by atoms with Gasteiger partial charge in [0.25, 0.3) is 6.64 Å². The summed E-state index contributed by atoms with van der Waals surface area (Å²) in [5, 5.41) is 0. The van der Waals surface area contributed by atoms with Crippen LogP contribution in [-0.4, -0.2) is 55.4 Å². The van der Waals surface area contributed by atoms with Gasteiger partial charge in [-0.15, -0.1) is 0 Å². The lowest BCUT2D eigenvalue weighted by atomic mass is 10.1. The summed E-state index contributed by atoms with van der Waals surface area (Å²) in [6, 6.07) is 3.74. The summed E-state index contributed by atoms with van der Waals surface area (Å²) in [5.74, 6) is 0.513. The minimum absolute atomic E-state index is 0.447. The highest BCUT2D eigenvalue weighted by Crippen LogP contribution is 2.56. The van der Waals surface area contributed by atoms with Crippen LogP contribution in [0, 0.1) is 13.8 Å². The number of carbonyl (C=O) groups excluding carboxylic acids is 1. The molecule has 1 aromatic carbocycles. The quantitative estimate of drug-likeness (QED) is 0.321. The predicted octanol–water partition coefficient (Wildman–Crippen LogP) is 5.37. The fourth-order valence-corrected chi connectivity index (χ4v) is 7.11. The number of hydrogen-bond donors (Lipinski definition) is 0. The molecule has 0 aliphatic heterocycles. The number of carbonyl (C=O) groups is 1. The van der Waals surface area contributed by atoms with Gasteiger partial charge in [0.15, 0.2) is 0 Å². The molecule has 0 bridgehead atoms. The first-order valence-corrected chi connectivity index (χ1v) is 13.0. The third-order valence-electron chi connectivity index (χ3n) is 3.86. The average Bonchev–Trinajstić information content (AvgIpc) is 2.60. The molecule has 0 aliphatic carbocycles. The summed E-state index contributed by atoms with van der Waals surface area (Å²) >= 11 is 6.86. The lowest BCUT2D eigenvalue weighted by Gasteiger charge is -2.33. The second-order valence-electron chi connectivity index (χ2n) is 6.63. The number of anilines is 1. The molecule has 1 aromatic rings. The van der Waals surface area contributed by atoms with E-state index in [0.29, 0.717) is 25.5 Å². The Hall–Kier alpha value is -0.830. The molecule has 1 rings (SSSR count). The maximum atomic E-state index is 12.7. The van der Waals surface area contributed by atoms with E-state index in [1.54, 1.807) is 7.05 Å². The van der Waals surface area contributed by atoms with Crippen LogP contribution in [0.3, 0.4) is 0 Å². The molecule has 0 heterocycles. The van der Waals surface area contributed by atoms with Crippen molar-refractivity contribution in [2.75, 3.05) is 45.8 Å². The van der Waals surface area contributed by atoms with Crippen LogP contribution in [0.1, 0.15) is 38.3 Å². The Labute approximate surface area is 185 Å². The van der Waals surface area contributed by atoms with Gasteiger partial charge in [-0.3, -0.25) is 0 Å². The Morgan fingerprint density at radius 1 is 1.07 bits per heavy atom. The number of hydrogen-bond acceptors (Lipinski definition) is 7. The maximum absolute atomic E-state index is 12.7. The molecule has 7 nitrogen and oxygen atoms in total. The van der Waals surface area contributed by atoms with E-state index in [-0.39, 0.29) is 0 Å². The monoisotopic (exact) mass is 463 g/mol. The van der Waals surface area contributed by atoms with Gasteiger partial charge < -0.3 is 18.7 Å². The van der Waals surface area contributed by atoms with Gasteiger partial charge in [-0.1, -0.05) is 6.92 Å². The molecule has 1 amide bonds. The molecular weight excluding hydrogens is 429 g/mol. The van der Waals surface area contributed by atoms with Crippen LogP contribution in [0.15, 0.2) is 12.1 Å². The van der Waals surface area contributed by atoms with Crippen molar-refractivity contribution < 1.29 is 18.6 Å². The summed E-state index contributed by atoms with van der Waals surface area (Å²) in [6.45, 7) is 8.66. The third-order valence-corrected chi connectivity index (χ3v) is 8.94. The Morgan fingerprint density at radius 3 is 2.00 bits per heavy atom. The first kappa shape index (κ1) is 26.2. The van der Waals surface area contributed by atoms with E-state index in [1.165, 1.54) is 16.4 Å². The third kappa shape index (κ3) is 7.42. The molecule has 0 aromatic heterocycles. The highest BCUT2D eigenvalue weighted by molar-refractivity contribution is 8.15. The van der Waals surface area contributed by atoms with Crippen LogP contribution < -0.4 is 9.64 Å². The van der Waals surface area contributed by atoms with Crippen molar-refractivity contribution in [3.05, 3.63) is 23.3 Å². The maximum Gasteiger partial charge on any atom is 0.426 e. The Kier molecular flexibility index (Phi) is 11.0. The summed E-state index contributed by atoms with van der Waals surface area (Å²) in [7, 11) is 5.64. The molecule has 0 unspecified atom stereocenters. The molecule has 0 radical (unpaired) electrons. The largest absolute Gasteiger partial charge is 0.426 e. The van der Waals surface area contributed by atoms with Gasteiger partial charge in [-0.2, -0.15) is 4.08 Å². The van der Waals surface area contributed by atoms with E-state index in [0.717, 1.165) is 23.2 Å². The van der Waals surface area contributed by atoms with E-state index in [9.17, 15) is 4.79 Å². The molecule has 0 atom stereocenters. The van der Waals surface area contributed by atoms with E-state index < -0.39 is 12.7 Å². The second-order valence-corrected chi connectivity index (χ2v) is 11.4. The molecule has 29 heavy (non-hydrogen) atoms. The molecule has 166 valence electrons. The summed E-state index contributed by atoms with van der Waals surface area (Å²) in [4.78, 5) is 14.7. The van der Waals surface area contributed by atoms with Crippen molar-refractivity contribution in [2.24, 2.45) is 0 Å². The molecule has 10 heteroatoms. The Bertz CT molecular complexity index is 700. The Balaban J connectivity index is 2.95. The molecule has 0 saturated heterocycles. The minimum atomic E-state index is -2.68. The van der Waals surface area contributed by atoms with E-state index in [2.05, 4.69) is 4.90 Å². The number of ether oxygens (including phenoxy) is 1. The second kappa shape index (κ2) is 12.1. The number of benzene rings is 1. The van der Waals surface area contributed by atoms with Gasteiger partial charge in [0.05, 0.1) is 25.3 Å². The zero-order valence-corrected chi connectivity index (χ0v) is 21.2. The minimum Gasteiger partial charge on any atom is -0.410 e. The van der Waals surface area contributed by atoms with Crippen LogP contribution in [0.5, 0.6) is 5.75 Å².